The van der Waals surface area contributed by atoms with E-state index in [0.29, 0.717) is 12.0 Å². The summed E-state index contributed by atoms with van der Waals surface area (Å²) in [7, 11) is 1.66. The third kappa shape index (κ3) is 4.51. The number of benzene rings is 2. The molecule has 3 aromatic rings. The fraction of sp³-hybridized carbons (Fsp3) is 0.238. The number of hydrogen-bond donors (Lipinski definition) is 2. The lowest BCUT2D eigenvalue weighted by Gasteiger charge is -2.15. The molecule has 0 saturated carbocycles. The lowest BCUT2D eigenvalue weighted by Crippen LogP contribution is -2.16. The van der Waals surface area contributed by atoms with Gasteiger partial charge in [0.15, 0.2) is 0 Å². The molecule has 0 saturated heterocycles. The van der Waals surface area contributed by atoms with Crippen molar-refractivity contribution in [1.29, 1.82) is 0 Å². The predicted octanol–water partition coefficient (Wildman–Crippen LogP) is 5.11. The summed E-state index contributed by atoms with van der Waals surface area (Å²) in [5, 5.41) is 6.71. The lowest BCUT2D eigenvalue weighted by atomic mass is 10.1. The van der Waals surface area contributed by atoms with Crippen LogP contribution in [0.1, 0.15) is 20.3 Å². The molecule has 1 atom stereocenters. The first kappa shape index (κ1) is 17.7. The molecule has 1 aromatic heterocycles. The molecular weight excluding hydrogens is 324 g/mol. The Balaban J connectivity index is 1.96. The van der Waals surface area contributed by atoms with Crippen LogP contribution < -0.4 is 15.4 Å². The van der Waals surface area contributed by atoms with Crippen LogP contribution in [0.3, 0.4) is 0 Å². The van der Waals surface area contributed by atoms with Crippen LogP contribution in [0.2, 0.25) is 0 Å². The van der Waals surface area contributed by atoms with E-state index in [4.69, 9.17) is 4.74 Å². The number of rotatable bonds is 7. The second kappa shape index (κ2) is 8.34. The van der Waals surface area contributed by atoms with Gasteiger partial charge < -0.3 is 15.4 Å². The predicted molar refractivity (Wildman–Crippen MR) is 107 cm³/mol. The Morgan fingerprint density at radius 3 is 2.54 bits per heavy atom. The SMILES string of the molecule is CCC(C)Nc1nc(Nc2cccc(OC)c2)cc(-c2ccccc2)n1. The zero-order chi connectivity index (χ0) is 18.4. The van der Waals surface area contributed by atoms with Crippen molar-refractivity contribution < 1.29 is 4.74 Å². The molecule has 1 unspecified atom stereocenters. The van der Waals surface area contributed by atoms with Crippen molar-refractivity contribution in [1.82, 2.24) is 9.97 Å². The van der Waals surface area contributed by atoms with Gasteiger partial charge in [-0.3, -0.25) is 0 Å². The summed E-state index contributed by atoms with van der Waals surface area (Å²) < 4.78 is 5.29. The fourth-order valence-electron chi connectivity index (χ4n) is 2.50. The number of methoxy groups -OCH3 is 1. The van der Waals surface area contributed by atoms with Crippen LogP contribution in [0.5, 0.6) is 5.75 Å². The van der Waals surface area contributed by atoms with Gasteiger partial charge in [0, 0.05) is 29.4 Å². The van der Waals surface area contributed by atoms with Crippen LogP contribution in [-0.4, -0.2) is 23.1 Å². The Labute approximate surface area is 154 Å². The molecule has 0 radical (unpaired) electrons. The third-order valence-corrected chi connectivity index (χ3v) is 4.13. The van der Waals surface area contributed by atoms with Crippen LogP contribution >= 0.6 is 0 Å². The molecule has 0 bridgehead atoms. The van der Waals surface area contributed by atoms with E-state index < -0.39 is 0 Å². The first-order valence-electron chi connectivity index (χ1n) is 8.80. The molecule has 0 amide bonds. The average molecular weight is 348 g/mol. The molecule has 134 valence electrons. The quantitative estimate of drug-likeness (QED) is 0.621. The van der Waals surface area contributed by atoms with Gasteiger partial charge in [0.05, 0.1) is 12.8 Å². The van der Waals surface area contributed by atoms with Crippen LogP contribution in [-0.2, 0) is 0 Å². The van der Waals surface area contributed by atoms with E-state index >= 15 is 0 Å². The van der Waals surface area contributed by atoms with Gasteiger partial charge in [-0.25, -0.2) is 4.98 Å². The zero-order valence-corrected chi connectivity index (χ0v) is 15.4. The molecule has 2 aromatic carbocycles. The maximum Gasteiger partial charge on any atom is 0.225 e. The van der Waals surface area contributed by atoms with Crippen LogP contribution in [0.15, 0.2) is 60.7 Å². The van der Waals surface area contributed by atoms with E-state index in [0.717, 1.165) is 34.9 Å². The van der Waals surface area contributed by atoms with Crippen molar-refractivity contribution in [3.63, 3.8) is 0 Å². The first-order valence-corrected chi connectivity index (χ1v) is 8.80. The van der Waals surface area contributed by atoms with Crippen LogP contribution in [0.4, 0.5) is 17.5 Å². The highest BCUT2D eigenvalue weighted by Crippen LogP contribution is 2.25. The van der Waals surface area contributed by atoms with Gasteiger partial charge in [-0.1, -0.05) is 43.3 Å². The molecule has 26 heavy (non-hydrogen) atoms. The Kier molecular flexibility index (Phi) is 5.69. The molecule has 5 heteroatoms. The Bertz CT molecular complexity index is 852. The van der Waals surface area contributed by atoms with Crippen molar-refractivity contribution in [2.45, 2.75) is 26.3 Å². The van der Waals surface area contributed by atoms with Gasteiger partial charge in [-0.15, -0.1) is 0 Å². The maximum atomic E-state index is 5.29. The normalized spacial score (nSPS) is 11.7. The highest BCUT2D eigenvalue weighted by atomic mass is 16.5. The summed E-state index contributed by atoms with van der Waals surface area (Å²) in [5.41, 5.74) is 2.84. The number of nitrogens with zero attached hydrogens (tertiary/aromatic N) is 2. The third-order valence-electron chi connectivity index (χ3n) is 4.13. The molecule has 0 fully saturated rings. The monoisotopic (exact) mass is 348 g/mol. The van der Waals surface area contributed by atoms with E-state index in [1.807, 2.05) is 60.7 Å². The van der Waals surface area contributed by atoms with Gasteiger partial charge in [0.25, 0.3) is 0 Å². The highest BCUT2D eigenvalue weighted by Gasteiger charge is 2.09. The largest absolute Gasteiger partial charge is 0.497 e. The zero-order valence-electron chi connectivity index (χ0n) is 15.4. The van der Waals surface area contributed by atoms with Gasteiger partial charge >= 0.3 is 0 Å². The lowest BCUT2D eigenvalue weighted by molar-refractivity contribution is 0.415. The standard InChI is InChI=1S/C21H24N4O/c1-4-15(2)22-21-24-19(16-9-6-5-7-10-16)14-20(25-21)23-17-11-8-12-18(13-17)26-3/h5-15H,4H2,1-3H3,(H2,22,23,24,25). The molecule has 0 aliphatic rings. The van der Waals surface area contributed by atoms with Gasteiger partial charge in [-0.2, -0.15) is 4.98 Å². The van der Waals surface area contributed by atoms with E-state index in [9.17, 15) is 0 Å². The topological polar surface area (TPSA) is 59.1 Å². The van der Waals surface area contributed by atoms with Crippen LogP contribution in [0, 0.1) is 0 Å². The summed E-state index contributed by atoms with van der Waals surface area (Å²) in [5.74, 6) is 2.15. The van der Waals surface area contributed by atoms with Gasteiger partial charge in [0.2, 0.25) is 5.95 Å². The molecular formula is C21H24N4O. The van der Waals surface area contributed by atoms with E-state index in [2.05, 4.69) is 34.4 Å². The molecule has 0 aliphatic heterocycles. The highest BCUT2D eigenvalue weighted by molar-refractivity contribution is 5.67. The van der Waals surface area contributed by atoms with Crippen molar-refractivity contribution in [2.75, 3.05) is 17.7 Å². The van der Waals surface area contributed by atoms with Crippen LogP contribution in [0.25, 0.3) is 11.3 Å². The second-order valence-electron chi connectivity index (χ2n) is 6.14. The Hall–Kier alpha value is -3.08. The number of anilines is 3. The molecule has 3 rings (SSSR count). The first-order chi connectivity index (χ1) is 12.7. The fourth-order valence-corrected chi connectivity index (χ4v) is 2.50. The number of ether oxygens (including phenoxy) is 1. The second-order valence-corrected chi connectivity index (χ2v) is 6.14. The van der Waals surface area contributed by atoms with E-state index in [1.165, 1.54) is 0 Å². The molecule has 0 aliphatic carbocycles. The number of hydrogen-bond acceptors (Lipinski definition) is 5. The summed E-state index contributed by atoms with van der Waals surface area (Å²) in [6, 6.07) is 20.1. The van der Waals surface area contributed by atoms with E-state index in [1.54, 1.807) is 7.11 Å². The number of aromatic nitrogens is 2. The van der Waals surface area contributed by atoms with Crippen molar-refractivity contribution in [2.24, 2.45) is 0 Å². The molecule has 2 N–H and O–H groups in total. The minimum absolute atomic E-state index is 0.297. The van der Waals surface area contributed by atoms with Crippen molar-refractivity contribution >= 4 is 17.5 Å². The van der Waals surface area contributed by atoms with Crippen molar-refractivity contribution in [3.8, 4) is 17.0 Å². The van der Waals surface area contributed by atoms with Crippen molar-refractivity contribution in [3.05, 3.63) is 60.7 Å². The molecule has 5 nitrogen and oxygen atoms in total. The van der Waals surface area contributed by atoms with Gasteiger partial charge in [-0.05, 0) is 25.5 Å². The maximum absolute atomic E-state index is 5.29. The molecule has 0 spiro atoms. The molecule has 1 heterocycles. The Morgan fingerprint density at radius 2 is 1.81 bits per heavy atom. The summed E-state index contributed by atoms with van der Waals surface area (Å²) in [4.78, 5) is 9.30. The smallest absolute Gasteiger partial charge is 0.225 e. The minimum atomic E-state index is 0.297. The van der Waals surface area contributed by atoms with E-state index in [-0.39, 0.29) is 0 Å². The van der Waals surface area contributed by atoms with Gasteiger partial charge in [0.1, 0.15) is 11.6 Å². The number of nitrogens with one attached hydrogen (secondary N) is 2. The minimum Gasteiger partial charge on any atom is -0.497 e. The summed E-state index contributed by atoms with van der Waals surface area (Å²) in [6.45, 7) is 4.25. The average Bonchev–Trinajstić information content (AvgIpc) is 2.68. The summed E-state index contributed by atoms with van der Waals surface area (Å²) >= 11 is 0. The summed E-state index contributed by atoms with van der Waals surface area (Å²) in [6.07, 6.45) is 0.998. The Morgan fingerprint density at radius 1 is 1.00 bits per heavy atom.